The van der Waals surface area contributed by atoms with Gasteiger partial charge in [-0.25, -0.2) is 9.59 Å². The van der Waals surface area contributed by atoms with Crippen LogP contribution in [0.5, 0.6) is 5.75 Å². The third-order valence-corrected chi connectivity index (χ3v) is 2.92. The predicted molar refractivity (Wildman–Crippen MR) is 77.8 cm³/mol. The van der Waals surface area contributed by atoms with Gasteiger partial charge in [0, 0.05) is 13.0 Å². The van der Waals surface area contributed by atoms with E-state index in [9.17, 15) is 19.8 Å². The lowest BCUT2D eigenvalue weighted by Gasteiger charge is -2.22. The van der Waals surface area contributed by atoms with Crippen molar-refractivity contribution in [2.75, 3.05) is 13.1 Å². The Bertz CT molecular complexity index is 534. The monoisotopic (exact) mass is 290 g/mol. The Labute approximate surface area is 123 Å². The fourth-order valence-electron chi connectivity index (χ4n) is 1.75. The fourth-order valence-corrected chi connectivity index (χ4v) is 1.75. The van der Waals surface area contributed by atoms with E-state index in [0.717, 1.165) is 0 Å². The molecule has 0 saturated heterocycles. The van der Waals surface area contributed by atoms with E-state index < -0.39 is 18.0 Å². The van der Waals surface area contributed by atoms with Crippen molar-refractivity contribution in [2.45, 2.75) is 19.4 Å². The number of aromatic hydroxyl groups is 1. The molecule has 3 N–H and O–H groups in total. The molecule has 0 aliphatic carbocycles. The number of rotatable bonds is 6. The average Bonchev–Trinajstić information content (AvgIpc) is 2.45. The van der Waals surface area contributed by atoms with Gasteiger partial charge in [0.1, 0.15) is 11.8 Å². The van der Waals surface area contributed by atoms with Crippen molar-refractivity contribution in [1.29, 1.82) is 0 Å². The minimum Gasteiger partial charge on any atom is -0.508 e. The van der Waals surface area contributed by atoms with Gasteiger partial charge in [0.25, 0.3) is 0 Å². The number of terminal acetylenes is 1. The fraction of sp³-hybridized carbons (Fsp3) is 0.333. The first-order valence-corrected chi connectivity index (χ1v) is 6.47. The number of nitrogens with one attached hydrogen (secondary N) is 1. The molecule has 2 amide bonds. The molecule has 0 aliphatic heterocycles. The molecule has 0 saturated carbocycles. The number of carbonyl (C=O) groups excluding carboxylic acids is 1. The first-order valence-electron chi connectivity index (χ1n) is 6.47. The highest BCUT2D eigenvalue weighted by molar-refractivity contribution is 5.83. The molecule has 1 aromatic rings. The van der Waals surface area contributed by atoms with E-state index in [2.05, 4.69) is 11.2 Å². The minimum absolute atomic E-state index is 0.0980. The lowest BCUT2D eigenvalue weighted by atomic mass is 10.1. The van der Waals surface area contributed by atoms with E-state index in [4.69, 9.17) is 6.42 Å². The molecule has 1 atom stereocenters. The second-order valence-electron chi connectivity index (χ2n) is 4.43. The zero-order valence-electron chi connectivity index (χ0n) is 11.7. The summed E-state index contributed by atoms with van der Waals surface area (Å²) < 4.78 is 0. The maximum absolute atomic E-state index is 11.9. The zero-order valence-corrected chi connectivity index (χ0v) is 11.7. The van der Waals surface area contributed by atoms with Gasteiger partial charge >= 0.3 is 12.0 Å². The van der Waals surface area contributed by atoms with Crippen LogP contribution in [0.1, 0.15) is 12.5 Å². The van der Waals surface area contributed by atoms with Gasteiger partial charge in [-0.05, 0) is 24.6 Å². The van der Waals surface area contributed by atoms with E-state index in [0.29, 0.717) is 12.1 Å². The molecular formula is C15H18N2O4. The molecule has 21 heavy (non-hydrogen) atoms. The van der Waals surface area contributed by atoms with E-state index in [1.807, 2.05) is 0 Å². The van der Waals surface area contributed by atoms with Gasteiger partial charge in [0.05, 0.1) is 6.54 Å². The summed E-state index contributed by atoms with van der Waals surface area (Å²) in [6.45, 7) is 2.27. The van der Waals surface area contributed by atoms with Crippen molar-refractivity contribution in [3.8, 4) is 18.1 Å². The van der Waals surface area contributed by atoms with Crippen LogP contribution in [-0.4, -0.2) is 46.2 Å². The average molecular weight is 290 g/mol. The number of phenolic OH excluding ortho intramolecular Hbond substituents is 1. The molecule has 1 rings (SSSR count). The van der Waals surface area contributed by atoms with Gasteiger partial charge in [-0.15, -0.1) is 6.42 Å². The molecule has 0 aromatic heterocycles. The number of aliphatic carboxylic acids is 1. The van der Waals surface area contributed by atoms with Gasteiger partial charge in [0.2, 0.25) is 0 Å². The molecule has 1 aromatic carbocycles. The van der Waals surface area contributed by atoms with Crippen molar-refractivity contribution in [2.24, 2.45) is 0 Å². The van der Waals surface area contributed by atoms with Crippen LogP contribution in [0.2, 0.25) is 0 Å². The number of amides is 2. The van der Waals surface area contributed by atoms with E-state index in [1.165, 1.54) is 17.0 Å². The van der Waals surface area contributed by atoms with Gasteiger partial charge < -0.3 is 20.4 Å². The summed E-state index contributed by atoms with van der Waals surface area (Å²) in [5, 5.41) is 20.8. The molecule has 6 nitrogen and oxygen atoms in total. The van der Waals surface area contributed by atoms with E-state index in [1.54, 1.807) is 19.1 Å². The Morgan fingerprint density at radius 1 is 1.38 bits per heavy atom. The largest absolute Gasteiger partial charge is 0.508 e. The summed E-state index contributed by atoms with van der Waals surface area (Å²) in [4.78, 5) is 24.5. The molecule has 0 spiro atoms. The van der Waals surface area contributed by atoms with Crippen molar-refractivity contribution < 1.29 is 19.8 Å². The smallest absolute Gasteiger partial charge is 0.326 e. The van der Waals surface area contributed by atoms with Gasteiger partial charge in [-0.1, -0.05) is 18.1 Å². The number of phenols is 1. The number of hydrogen-bond donors (Lipinski definition) is 3. The number of nitrogens with zero attached hydrogens (tertiary/aromatic N) is 1. The molecular weight excluding hydrogens is 272 g/mol. The second kappa shape index (κ2) is 7.80. The normalized spacial score (nSPS) is 11.2. The number of hydrogen-bond acceptors (Lipinski definition) is 3. The summed E-state index contributed by atoms with van der Waals surface area (Å²) in [6, 6.07) is 4.57. The Hall–Kier alpha value is -2.68. The molecule has 0 unspecified atom stereocenters. The Kier molecular flexibility index (Phi) is 6.08. The summed E-state index contributed by atoms with van der Waals surface area (Å²) in [7, 11) is 0. The minimum atomic E-state index is -1.13. The summed E-state index contributed by atoms with van der Waals surface area (Å²) in [5.41, 5.74) is 0.695. The highest BCUT2D eigenvalue weighted by Gasteiger charge is 2.22. The summed E-state index contributed by atoms with van der Waals surface area (Å²) in [6.07, 6.45) is 5.28. The SMILES string of the molecule is C#CCN(CC)C(=O)N[C@@H](Cc1ccc(O)cc1)C(=O)O. The van der Waals surface area contributed by atoms with Crippen LogP contribution in [0.15, 0.2) is 24.3 Å². The van der Waals surface area contributed by atoms with Gasteiger partial charge in [-0.3, -0.25) is 0 Å². The molecule has 0 fully saturated rings. The van der Waals surface area contributed by atoms with Crippen molar-refractivity contribution in [3.05, 3.63) is 29.8 Å². The number of benzene rings is 1. The number of urea groups is 1. The number of carboxylic acid groups (broad SMARTS) is 1. The molecule has 112 valence electrons. The summed E-state index contributed by atoms with van der Waals surface area (Å²) >= 11 is 0. The zero-order chi connectivity index (χ0) is 15.8. The topological polar surface area (TPSA) is 89.9 Å². The molecule has 0 aliphatic rings. The second-order valence-corrected chi connectivity index (χ2v) is 4.43. The van der Waals surface area contributed by atoms with E-state index in [-0.39, 0.29) is 18.7 Å². The first-order chi connectivity index (χ1) is 9.97. The standard InChI is InChI=1S/C15H18N2O4/c1-3-9-17(4-2)15(21)16-13(14(19)20)10-11-5-7-12(18)8-6-11/h1,5-8,13,18H,4,9-10H2,2H3,(H,16,21)(H,19,20)/t13-/m0/s1. The first kappa shape index (κ1) is 16.4. The van der Waals surface area contributed by atoms with Gasteiger partial charge in [0.15, 0.2) is 0 Å². The Balaban J connectivity index is 2.74. The maximum atomic E-state index is 11.9. The molecule has 0 bridgehead atoms. The lowest BCUT2D eigenvalue weighted by Crippen LogP contribution is -2.49. The number of carboxylic acids is 1. The summed E-state index contributed by atoms with van der Waals surface area (Å²) in [5.74, 6) is 1.31. The molecule has 0 heterocycles. The van der Waals surface area contributed by atoms with Crippen LogP contribution in [0.4, 0.5) is 4.79 Å². The highest BCUT2D eigenvalue weighted by Crippen LogP contribution is 2.11. The van der Waals surface area contributed by atoms with Crippen molar-refractivity contribution in [1.82, 2.24) is 10.2 Å². The van der Waals surface area contributed by atoms with Crippen LogP contribution in [0.3, 0.4) is 0 Å². The van der Waals surface area contributed by atoms with Crippen LogP contribution >= 0.6 is 0 Å². The van der Waals surface area contributed by atoms with Crippen LogP contribution in [0.25, 0.3) is 0 Å². The van der Waals surface area contributed by atoms with E-state index >= 15 is 0 Å². The van der Waals surface area contributed by atoms with Crippen LogP contribution in [0, 0.1) is 12.3 Å². The van der Waals surface area contributed by atoms with Crippen LogP contribution < -0.4 is 5.32 Å². The van der Waals surface area contributed by atoms with Crippen molar-refractivity contribution in [3.63, 3.8) is 0 Å². The Morgan fingerprint density at radius 3 is 2.48 bits per heavy atom. The van der Waals surface area contributed by atoms with Crippen molar-refractivity contribution >= 4 is 12.0 Å². The quantitative estimate of drug-likeness (QED) is 0.683. The predicted octanol–water partition coefficient (Wildman–Crippen LogP) is 1.05. The highest BCUT2D eigenvalue weighted by atomic mass is 16.4. The molecule has 6 heteroatoms. The molecule has 0 radical (unpaired) electrons. The third-order valence-electron chi connectivity index (χ3n) is 2.92. The van der Waals surface area contributed by atoms with Gasteiger partial charge in [-0.2, -0.15) is 0 Å². The lowest BCUT2D eigenvalue weighted by molar-refractivity contribution is -0.139. The maximum Gasteiger partial charge on any atom is 0.326 e. The number of carbonyl (C=O) groups is 2. The third kappa shape index (κ3) is 5.07. The van der Waals surface area contributed by atoms with Crippen LogP contribution in [-0.2, 0) is 11.2 Å². The Morgan fingerprint density at radius 2 is 2.00 bits per heavy atom.